The van der Waals surface area contributed by atoms with Crippen LogP contribution in [0.25, 0.3) is 5.70 Å². The molecule has 2 N–H and O–H groups in total. The van der Waals surface area contributed by atoms with Gasteiger partial charge in [0, 0.05) is 24.5 Å². The minimum absolute atomic E-state index is 0.790. The number of allylic oxidation sites excluding steroid dienone is 2. The summed E-state index contributed by atoms with van der Waals surface area (Å²) in [5.74, 6) is 0. The molecular formula is C12H14N2. The van der Waals surface area contributed by atoms with Gasteiger partial charge in [-0.25, -0.2) is 0 Å². The molecule has 2 heteroatoms. The minimum atomic E-state index is 0.790. The zero-order valence-electron chi connectivity index (χ0n) is 8.25. The maximum atomic E-state index is 7.25. The van der Waals surface area contributed by atoms with Gasteiger partial charge in [0.25, 0.3) is 0 Å². The lowest BCUT2D eigenvalue weighted by molar-refractivity contribution is 1.12. The molecular weight excluding hydrogens is 172 g/mol. The molecule has 0 amide bonds. The monoisotopic (exact) mass is 186 g/mol. The molecule has 0 aliphatic carbocycles. The van der Waals surface area contributed by atoms with Gasteiger partial charge in [-0.15, -0.1) is 0 Å². The van der Waals surface area contributed by atoms with Crippen LogP contribution < -0.4 is 5.32 Å². The van der Waals surface area contributed by atoms with Crippen molar-refractivity contribution in [2.45, 2.75) is 0 Å². The highest BCUT2D eigenvalue weighted by Crippen LogP contribution is 2.14. The Morgan fingerprint density at radius 2 is 2.00 bits per heavy atom. The summed E-state index contributed by atoms with van der Waals surface area (Å²) in [5, 5.41) is 10.3. The second-order valence-corrected chi connectivity index (χ2v) is 2.79. The Hall–Kier alpha value is -1.83. The average molecular weight is 186 g/mol. The molecule has 0 saturated heterocycles. The molecule has 0 unspecified atom stereocenters. The Labute approximate surface area is 84.5 Å². The van der Waals surface area contributed by atoms with Crippen LogP contribution in [0.5, 0.6) is 0 Å². The lowest BCUT2D eigenvalue weighted by Crippen LogP contribution is -2.07. The van der Waals surface area contributed by atoms with Crippen molar-refractivity contribution in [2.75, 3.05) is 7.05 Å². The average Bonchev–Trinajstić information content (AvgIpc) is 2.27. The van der Waals surface area contributed by atoms with Crippen molar-refractivity contribution in [3.05, 3.63) is 54.1 Å². The summed E-state index contributed by atoms with van der Waals surface area (Å²) in [6.07, 6.45) is 2.97. The minimum Gasteiger partial charge on any atom is -0.387 e. The van der Waals surface area contributed by atoms with E-state index in [1.165, 1.54) is 6.21 Å². The first-order chi connectivity index (χ1) is 6.83. The van der Waals surface area contributed by atoms with E-state index in [0.29, 0.717) is 0 Å². The normalized spacial score (nSPS) is 11.5. The maximum Gasteiger partial charge on any atom is 0.0499 e. The smallest absolute Gasteiger partial charge is 0.0499 e. The number of rotatable bonds is 4. The van der Waals surface area contributed by atoms with Gasteiger partial charge in [-0.3, -0.25) is 0 Å². The highest BCUT2D eigenvalue weighted by molar-refractivity contribution is 5.91. The molecule has 0 aromatic heterocycles. The van der Waals surface area contributed by atoms with Crippen LogP contribution in [-0.2, 0) is 0 Å². The summed E-state index contributed by atoms with van der Waals surface area (Å²) < 4.78 is 0. The van der Waals surface area contributed by atoms with E-state index in [-0.39, 0.29) is 0 Å². The van der Waals surface area contributed by atoms with Gasteiger partial charge < -0.3 is 10.7 Å². The van der Waals surface area contributed by atoms with E-state index in [1.54, 1.807) is 6.08 Å². The van der Waals surface area contributed by atoms with E-state index in [0.717, 1.165) is 16.8 Å². The Kier molecular flexibility index (Phi) is 3.68. The quantitative estimate of drug-likeness (QED) is 0.550. The van der Waals surface area contributed by atoms with Crippen LogP contribution in [0, 0.1) is 5.41 Å². The van der Waals surface area contributed by atoms with E-state index in [9.17, 15) is 0 Å². The number of benzene rings is 1. The van der Waals surface area contributed by atoms with Gasteiger partial charge in [-0.2, -0.15) is 0 Å². The summed E-state index contributed by atoms with van der Waals surface area (Å²) in [6, 6.07) is 9.90. The zero-order valence-corrected chi connectivity index (χ0v) is 8.25. The van der Waals surface area contributed by atoms with Crippen molar-refractivity contribution in [2.24, 2.45) is 0 Å². The van der Waals surface area contributed by atoms with E-state index < -0.39 is 0 Å². The zero-order chi connectivity index (χ0) is 10.4. The van der Waals surface area contributed by atoms with Crippen molar-refractivity contribution in [3.8, 4) is 0 Å². The lowest BCUT2D eigenvalue weighted by Gasteiger charge is -2.09. The van der Waals surface area contributed by atoms with Crippen LogP contribution in [0.3, 0.4) is 0 Å². The third-order valence-corrected chi connectivity index (χ3v) is 1.98. The second kappa shape index (κ2) is 5.02. The first kappa shape index (κ1) is 10.3. The maximum absolute atomic E-state index is 7.25. The second-order valence-electron chi connectivity index (χ2n) is 2.79. The van der Waals surface area contributed by atoms with Gasteiger partial charge in [0.15, 0.2) is 0 Å². The molecule has 0 heterocycles. The van der Waals surface area contributed by atoms with Crippen LogP contribution in [0.1, 0.15) is 5.56 Å². The molecule has 14 heavy (non-hydrogen) atoms. The predicted molar refractivity (Wildman–Crippen MR) is 61.4 cm³/mol. The van der Waals surface area contributed by atoms with Gasteiger partial charge in [0.05, 0.1) is 0 Å². The highest BCUT2D eigenvalue weighted by atomic mass is 14.8. The van der Waals surface area contributed by atoms with Crippen LogP contribution in [0.2, 0.25) is 0 Å². The van der Waals surface area contributed by atoms with Crippen LogP contribution in [-0.4, -0.2) is 13.3 Å². The predicted octanol–water partition coefficient (Wildman–Crippen LogP) is 2.45. The fourth-order valence-corrected chi connectivity index (χ4v) is 1.29. The van der Waals surface area contributed by atoms with Crippen LogP contribution in [0.15, 0.2) is 48.6 Å². The molecule has 0 radical (unpaired) electrons. The van der Waals surface area contributed by atoms with Gasteiger partial charge in [-0.05, 0) is 5.56 Å². The summed E-state index contributed by atoms with van der Waals surface area (Å²) in [6.45, 7) is 3.68. The molecule has 0 fully saturated rings. The van der Waals surface area contributed by atoms with Crippen molar-refractivity contribution < 1.29 is 0 Å². The molecule has 0 spiro atoms. The first-order valence-corrected chi connectivity index (χ1v) is 4.43. The van der Waals surface area contributed by atoms with Gasteiger partial charge in [0.2, 0.25) is 0 Å². The van der Waals surface area contributed by atoms with E-state index >= 15 is 0 Å². The molecule has 0 aliphatic rings. The Balaban J connectivity index is 3.22. The Morgan fingerprint density at radius 3 is 2.43 bits per heavy atom. The SMILES string of the molecule is C=C/C(C=N)=C(/NC)c1ccccc1. The van der Waals surface area contributed by atoms with Crippen LogP contribution in [0.4, 0.5) is 0 Å². The number of nitrogens with one attached hydrogen (secondary N) is 2. The van der Waals surface area contributed by atoms with E-state index in [2.05, 4.69) is 11.9 Å². The summed E-state index contributed by atoms with van der Waals surface area (Å²) in [5.41, 5.74) is 2.78. The Morgan fingerprint density at radius 1 is 1.36 bits per heavy atom. The topological polar surface area (TPSA) is 35.9 Å². The van der Waals surface area contributed by atoms with Gasteiger partial charge >= 0.3 is 0 Å². The number of hydrogen-bond acceptors (Lipinski definition) is 2. The van der Waals surface area contributed by atoms with Crippen LogP contribution >= 0.6 is 0 Å². The summed E-state index contributed by atoms with van der Waals surface area (Å²) in [7, 11) is 1.84. The summed E-state index contributed by atoms with van der Waals surface area (Å²) in [4.78, 5) is 0. The molecule has 0 aliphatic heterocycles. The van der Waals surface area contributed by atoms with Gasteiger partial charge in [-0.1, -0.05) is 43.0 Å². The lowest BCUT2D eigenvalue weighted by atomic mass is 10.1. The number of hydrogen-bond donors (Lipinski definition) is 2. The van der Waals surface area contributed by atoms with E-state index in [4.69, 9.17) is 5.41 Å². The molecule has 0 saturated carbocycles. The van der Waals surface area contributed by atoms with Crippen molar-refractivity contribution in [3.63, 3.8) is 0 Å². The van der Waals surface area contributed by atoms with Crippen molar-refractivity contribution >= 4 is 11.9 Å². The van der Waals surface area contributed by atoms with Gasteiger partial charge in [0.1, 0.15) is 0 Å². The molecule has 1 rings (SSSR count). The summed E-state index contributed by atoms with van der Waals surface area (Å²) >= 11 is 0. The standard InChI is InChI=1S/C12H14N2/c1-3-10(9-13)12(14-2)11-7-5-4-6-8-11/h3-9,13-14H,1H2,2H3/b12-10-,13-9?. The van der Waals surface area contributed by atoms with Crippen molar-refractivity contribution in [1.29, 1.82) is 5.41 Å². The third-order valence-electron chi connectivity index (χ3n) is 1.98. The van der Waals surface area contributed by atoms with Crippen molar-refractivity contribution in [1.82, 2.24) is 5.32 Å². The Bertz CT molecular complexity index is 340. The van der Waals surface area contributed by atoms with E-state index in [1.807, 2.05) is 37.4 Å². The highest BCUT2D eigenvalue weighted by Gasteiger charge is 2.01. The molecule has 1 aromatic carbocycles. The molecule has 2 nitrogen and oxygen atoms in total. The largest absolute Gasteiger partial charge is 0.387 e. The fourth-order valence-electron chi connectivity index (χ4n) is 1.29. The molecule has 72 valence electrons. The molecule has 0 bridgehead atoms. The first-order valence-electron chi connectivity index (χ1n) is 4.43. The third kappa shape index (κ3) is 2.10. The molecule has 0 atom stereocenters. The fraction of sp³-hybridized carbons (Fsp3) is 0.0833. The molecule has 1 aromatic rings.